The zero-order valence-electron chi connectivity index (χ0n) is 27.8. The second-order valence-electron chi connectivity index (χ2n) is 13.5. The van der Waals surface area contributed by atoms with Gasteiger partial charge < -0.3 is 49.2 Å². The van der Waals surface area contributed by atoms with E-state index < -0.39 is 35.6 Å². The van der Waals surface area contributed by atoms with Crippen molar-refractivity contribution < 1.29 is 39.4 Å². The molecule has 1 aromatic carbocycles. The van der Waals surface area contributed by atoms with Crippen LogP contribution in [0.5, 0.6) is 5.75 Å². The van der Waals surface area contributed by atoms with E-state index in [1.807, 2.05) is 62.3 Å². The van der Waals surface area contributed by atoms with Crippen LogP contribution < -0.4 is 4.74 Å². The zero-order valence-corrected chi connectivity index (χ0v) is 29.5. The van der Waals surface area contributed by atoms with Crippen LogP contribution in [0.3, 0.4) is 0 Å². The number of methoxy groups -OCH3 is 1. The standard InChI is InChI=1S/C20H30N2O4S.C11H20N2O4S/c1-12-16(25-11-13-7-9-14(24-6)10-8-13)15-18(26-17(12)20(2,3)23)27-19(21-15)22(4)5;1-11(2,16)8-7(15)6(14)5-9(17-8)18-10(12-5)13(3)4/h7-10,12,15-18,23H,11H2,1-6H3;5-9,14-16H,1-4H3/t12-,15+,16-,17-,18+;5-,6-,7+,8+,9-/m01/s1. The number of amidine groups is 2. The van der Waals surface area contributed by atoms with Crippen molar-refractivity contribution in [2.45, 2.75) is 106 Å². The van der Waals surface area contributed by atoms with Crippen molar-refractivity contribution in [2.24, 2.45) is 15.9 Å². The first-order valence-corrected chi connectivity index (χ1v) is 16.9. The van der Waals surface area contributed by atoms with Crippen molar-refractivity contribution in [1.82, 2.24) is 9.80 Å². The molecule has 0 saturated carbocycles. The molecule has 12 nitrogen and oxygen atoms in total. The van der Waals surface area contributed by atoms with Gasteiger partial charge in [0.2, 0.25) is 0 Å². The number of nitrogens with zero attached hydrogens (tertiary/aromatic N) is 4. The van der Waals surface area contributed by atoms with Crippen molar-refractivity contribution in [3.63, 3.8) is 0 Å². The number of hydrogen-bond acceptors (Lipinski definition) is 14. The third kappa shape index (κ3) is 8.28. The smallest absolute Gasteiger partial charge is 0.161 e. The highest BCUT2D eigenvalue weighted by atomic mass is 32.2. The Morgan fingerprint density at radius 2 is 1.29 bits per heavy atom. The van der Waals surface area contributed by atoms with Gasteiger partial charge in [-0.2, -0.15) is 0 Å². The molecular weight excluding hydrogens is 620 g/mol. The van der Waals surface area contributed by atoms with Crippen molar-refractivity contribution in [2.75, 3.05) is 35.3 Å². The largest absolute Gasteiger partial charge is 0.497 e. The van der Waals surface area contributed by atoms with Crippen LogP contribution in [0.15, 0.2) is 34.3 Å². The Kier molecular flexibility index (Phi) is 11.5. The third-order valence-electron chi connectivity index (χ3n) is 8.18. The lowest BCUT2D eigenvalue weighted by Crippen LogP contribution is -2.61. The fraction of sp³-hybridized carbons (Fsp3) is 0.742. The van der Waals surface area contributed by atoms with E-state index in [1.165, 1.54) is 11.8 Å². The van der Waals surface area contributed by atoms with Crippen LogP contribution in [-0.2, 0) is 20.8 Å². The van der Waals surface area contributed by atoms with Crippen molar-refractivity contribution in [3.8, 4) is 5.75 Å². The molecule has 4 aliphatic rings. The fourth-order valence-corrected chi connectivity index (χ4v) is 8.09. The molecule has 0 radical (unpaired) electrons. The Morgan fingerprint density at radius 3 is 1.78 bits per heavy atom. The molecule has 0 aromatic heterocycles. The van der Waals surface area contributed by atoms with Gasteiger partial charge in [-0.05, 0) is 45.4 Å². The minimum Gasteiger partial charge on any atom is -0.497 e. The molecule has 5 rings (SSSR count). The molecule has 45 heavy (non-hydrogen) atoms. The van der Waals surface area contributed by atoms with Crippen LogP contribution in [0.25, 0.3) is 0 Å². The second-order valence-corrected chi connectivity index (χ2v) is 15.6. The fourth-order valence-electron chi connectivity index (χ4n) is 5.83. The number of rotatable bonds is 6. The number of thioether (sulfide) groups is 2. The van der Waals surface area contributed by atoms with Gasteiger partial charge in [0, 0.05) is 34.1 Å². The Morgan fingerprint density at radius 1 is 0.800 bits per heavy atom. The molecule has 10 atom stereocenters. The van der Waals surface area contributed by atoms with E-state index in [1.54, 1.807) is 46.6 Å². The maximum absolute atomic E-state index is 10.6. The summed E-state index contributed by atoms with van der Waals surface area (Å²) in [6.07, 6.45) is -3.43. The molecule has 2 fully saturated rings. The molecule has 0 unspecified atom stereocenters. The molecule has 0 aliphatic carbocycles. The van der Waals surface area contributed by atoms with Gasteiger partial charge in [0.25, 0.3) is 0 Å². The molecule has 4 aliphatic heterocycles. The lowest BCUT2D eigenvalue weighted by atomic mass is 9.82. The number of benzene rings is 1. The summed E-state index contributed by atoms with van der Waals surface area (Å²) in [4.78, 5) is 13.0. The highest BCUT2D eigenvalue weighted by molar-refractivity contribution is 8.14. The Bertz CT molecular complexity index is 1200. The molecule has 4 heterocycles. The predicted octanol–water partition coefficient (Wildman–Crippen LogP) is 1.98. The topological polar surface area (TPSA) is 149 Å². The van der Waals surface area contributed by atoms with Gasteiger partial charge in [-0.15, -0.1) is 0 Å². The van der Waals surface area contributed by atoms with Crippen molar-refractivity contribution >= 4 is 33.9 Å². The molecule has 254 valence electrons. The van der Waals surface area contributed by atoms with E-state index in [0.29, 0.717) is 6.61 Å². The summed E-state index contributed by atoms with van der Waals surface area (Å²) in [5, 5.41) is 42.4. The Hall–Kier alpha value is -1.62. The van der Waals surface area contributed by atoms with Gasteiger partial charge in [-0.3, -0.25) is 9.98 Å². The van der Waals surface area contributed by atoms with Crippen LogP contribution in [-0.4, -0.2) is 141 Å². The van der Waals surface area contributed by atoms with Gasteiger partial charge in [-0.1, -0.05) is 42.6 Å². The zero-order chi connectivity index (χ0) is 33.4. The summed E-state index contributed by atoms with van der Waals surface area (Å²) in [5.74, 6) is 0.836. The molecule has 0 spiro atoms. The minimum absolute atomic E-state index is 0.00959. The maximum Gasteiger partial charge on any atom is 0.161 e. The third-order valence-corrected chi connectivity index (χ3v) is 10.8. The maximum atomic E-state index is 10.6. The number of ether oxygens (including phenoxy) is 4. The first-order chi connectivity index (χ1) is 20.9. The van der Waals surface area contributed by atoms with Crippen LogP contribution >= 0.6 is 23.5 Å². The summed E-state index contributed by atoms with van der Waals surface area (Å²) in [6, 6.07) is 7.31. The Labute approximate surface area is 275 Å². The lowest BCUT2D eigenvalue weighted by Gasteiger charge is -2.45. The molecule has 0 amide bonds. The first kappa shape index (κ1) is 36.2. The molecule has 4 N–H and O–H groups in total. The van der Waals surface area contributed by atoms with E-state index in [9.17, 15) is 20.4 Å². The summed E-state index contributed by atoms with van der Waals surface area (Å²) in [5.41, 5.74) is -1.60. The van der Waals surface area contributed by atoms with E-state index in [-0.39, 0.29) is 35.0 Å². The van der Waals surface area contributed by atoms with Gasteiger partial charge in [0.1, 0.15) is 47.0 Å². The van der Waals surface area contributed by atoms with Crippen LogP contribution in [0.2, 0.25) is 0 Å². The first-order valence-electron chi connectivity index (χ1n) is 15.1. The van der Waals surface area contributed by atoms with E-state index in [4.69, 9.17) is 23.9 Å². The van der Waals surface area contributed by atoms with Crippen LogP contribution in [0, 0.1) is 5.92 Å². The molecule has 14 heteroatoms. The Balaban J connectivity index is 0.000000222. The summed E-state index contributed by atoms with van der Waals surface area (Å²) in [7, 11) is 9.34. The number of aliphatic hydroxyl groups is 4. The summed E-state index contributed by atoms with van der Waals surface area (Å²) < 4.78 is 23.5. The van der Waals surface area contributed by atoms with E-state index in [2.05, 4.69) is 11.9 Å². The SMILES string of the molecule is CN(C)C1=N[C@@H]2[C@@H](O)[C@H](O)[C@@H](C(C)(C)O)O[C@@H]2S1.COc1ccc(CO[C@H]2[C@H](C)[C@@H](C(C)(C)O)O[C@@H]3SC(N(C)C)=N[C@H]23)cc1. The van der Waals surface area contributed by atoms with Crippen LogP contribution in [0.4, 0.5) is 0 Å². The monoisotopic (exact) mass is 670 g/mol. The minimum atomic E-state index is -1.22. The summed E-state index contributed by atoms with van der Waals surface area (Å²) >= 11 is 3.00. The number of hydrogen-bond donors (Lipinski definition) is 4. The van der Waals surface area contributed by atoms with Gasteiger partial charge in [0.05, 0.1) is 37.1 Å². The van der Waals surface area contributed by atoms with Crippen LogP contribution in [0.1, 0.15) is 40.2 Å². The van der Waals surface area contributed by atoms with E-state index in [0.717, 1.165) is 21.6 Å². The quantitative estimate of drug-likeness (QED) is 0.351. The highest BCUT2D eigenvalue weighted by Gasteiger charge is 2.53. The average molecular weight is 671 g/mol. The second kappa shape index (κ2) is 14.2. The number of aliphatic imine (C=N–C) groups is 2. The molecular formula is C31H50N4O8S2. The molecule has 2 saturated heterocycles. The van der Waals surface area contributed by atoms with Gasteiger partial charge in [-0.25, -0.2) is 0 Å². The number of fused-ring (bicyclic) bond motifs is 2. The highest BCUT2D eigenvalue weighted by Crippen LogP contribution is 2.43. The van der Waals surface area contributed by atoms with Crippen molar-refractivity contribution in [3.05, 3.63) is 29.8 Å². The van der Waals surface area contributed by atoms with E-state index >= 15 is 0 Å². The average Bonchev–Trinajstić information content (AvgIpc) is 3.59. The molecule has 0 bridgehead atoms. The lowest BCUT2D eigenvalue weighted by molar-refractivity contribution is -0.208. The van der Waals surface area contributed by atoms with Crippen molar-refractivity contribution in [1.29, 1.82) is 0 Å². The normalized spacial score (nSPS) is 34.5. The molecule has 1 aromatic rings. The van der Waals surface area contributed by atoms with Gasteiger partial charge in [0.15, 0.2) is 10.3 Å². The predicted molar refractivity (Wildman–Crippen MR) is 178 cm³/mol. The van der Waals surface area contributed by atoms with Gasteiger partial charge >= 0.3 is 0 Å². The summed E-state index contributed by atoms with van der Waals surface area (Å²) in [6.45, 7) is 9.26. The number of aliphatic hydroxyl groups excluding tert-OH is 2.